The van der Waals surface area contributed by atoms with Crippen LogP contribution in [-0.2, 0) is 6.42 Å². The summed E-state index contributed by atoms with van der Waals surface area (Å²) in [5, 5.41) is 0. The van der Waals surface area contributed by atoms with Crippen LogP contribution in [-0.4, -0.2) is 0 Å². The van der Waals surface area contributed by atoms with E-state index in [1.165, 1.54) is 12.1 Å². The van der Waals surface area contributed by atoms with Gasteiger partial charge in [-0.25, -0.2) is 8.78 Å². The molecule has 3 rings (SSSR count). The Kier molecular flexibility index (Phi) is 2.09. The third-order valence-corrected chi connectivity index (χ3v) is 3.44. The summed E-state index contributed by atoms with van der Waals surface area (Å²) in [5.41, 5.74) is 5.14. The average molecular weight is 230 g/mol. The Morgan fingerprint density at radius 2 is 1.18 bits per heavy atom. The van der Waals surface area contributed by atoms with Gasteiger partial charge < -0.3 is 0 Å². The number of halogens is 2. The molecule has 0 atom stereocenters. The minimum atomic E-state index is -0.224. The summed E-state index contributed by atoms with van der Waals surface area (Å²) in [7, 11) is 0. The molecule has 86 valence electrons. The Labute approximate surface area is 98.9 Å². The zero-order valence-corrected chi connectivity index (χ0v) is 9.77. The van der Waals surface area contributed by atoms with E-state index in [4.69, 9.17) is 0 Å². The maximum Gasteiger partial charge on any atom is 0.126 e. The van der Waals surface area contributed by atoms with Crippen molar-refractivity contribution in [1.29, 1.82) is 0 Å². The van der Waals surface area contributed by atoms with E-state index in [9.17, 15) is 8.78 Å². The van der Waals surface area contributed by atoms with Crippen molar-refractivity contribution in [2.75, 3.05) is 0 Å². The van der Waals surface area contributed by atoms with Gasteiger partial charge in [-0.15, -0.1) is 0 Å². The molecule has 0 saturated heterocycles. The Hall–Kier alpha value is -1.70. The van der Waals surface area contributed by atoms with Crippen LogP contribution in [0.15, 0.2) is 24.3 Å². The molecule has 0 fully saturated rings. The molecule has 0 spiro atoms. The van der Waals surface area contributed by atoms with E-state index in [2.05, 4.69) is 0 Å². The molecule has 2 heteroatoms. The maximum atomic E-state index is 13.6. The highest BCUT2D eigenvalue weighted by Gasteiger charge is 2.21. The lowest BCUT2D eigenvalue weighted by atomic mass is 10.0. The lowest BCUT2D eigenvalue weighted by molar-refractivity contribution is 0.617. The molecule has 0 saturated carbocycles. The Balaban J connectivity index is 2.27. The molecular weight excluding hydrogens is 218 g/mol. The minimum absolute atomic E-state index is 0.224. The van der Waals surface area contributed by atoms with Gasteiger partial charge in [0.1, 0.15) is 11.6 Å². The fourth-order valence-electron chi connectivity index (χ4n) is 2.48. The van der Waals surface area contributed by atoms with Crippen molar-refractivity contribution in [3.05, 3.63) is 58.2 Å². The summed E-state index contributed by atoms with van der Waals surface area (Å²) < 4.78 is 27.1. The molecule has 17 heavy (non-hydrogen) atoms. The summed E-state index contributed by atoms with van der Waals surface area (Å²) >= 11 is 0. The molecule has 0 aliphatic heterocycles. The monoisotopic (exact) mass is 230 g/mol. The molecule has 0 aromatic heterocycles. The first kappa shape index (κ1) is 10.5. The quantitative estimate of drug-likeness (QED) is 0.544. The van der Waals surface area contributed by atoms with Crippen molar-refractivity contribution in [2.24, 2.45) is 0 Å². The third kappa shape index (κ3) is 1.47. The van der Waals surface area contributed by atoms with E-state index in [0.717, 1.165) is 28.7 Å². The van der Waals surface area contributed by atoms with Gasteiger partial charge >= 0.3 is 0 Å². The second-order valence-electron chi connectivity index (χ2n) is 4.69. The normalized spacial score (nSPS) is 12.5. The first-order chi connectivity index (χ1) is 8.06. The summed E-state index contributed by atoms with van der Waals surface area (Å²) in [4.78, 5) is 0. The highest BCUT2D eigenvalue weighted by Crippen LogP contribution is 2.38. The summed E-state index contributed by atoms with van der Waals surface area (Å²) in [6, 6.07) is 6.76. The minimum Gasteiger partial charge on any atom is -0.207 e. The number of aryl methyl sites for hydroxylation is 2. The standard InChI is InChI=1S/C15H12F2/c1-8-3-10-5-11-4-9(2)15(17)7-13(11)12(10)6-14(8)16/h3-4,6-7H,5H2,1-2H3. The first-order valence-corrected chi connectivity index (χ1v) is 5.64. The van der Waals surface area contributed by atoms with Crippen LogP contribution in [0.4, 0.5) is 8.78 Å². The molecule has 2 aromatic carbocycles. The Morgan fingerprint density at radius 3 is 1.59 bits per heavy atom. The van der Waals surface area contributed by atoms with Crippen LogP contribution in [0.3, 0.4) is 0 Å². The molecule has 1 aliphatic rings. The summed E-state index contributed by atoms with van der Waals surface area (Å²) in [5.74, 6) is -0.449. The van der Waals surface area contributed by atoms with Crippen molar-refractivity contribution in [3.8, 4) is 11.1 Å². The molecule has 0 unspecified atom stereocenters. The number of rotatable bonds is 0. The molecular formula is C15H12F2. The van der Waals surface area contributed by atoms with Gasteiger partial charge in [-0.1, -0.05) is 12.1 Å². The fraction of sp³-hybridized carbons (Fsp3) is 0.200. The van der Waals surface area contributed by atoms with Gasteiger partial charge in [0, 0.05) is 0 Å². The zero-order chi connectivity index (χ0) is 12.2. The number of hydrogen-bond donors (Lipinski definition) is 0. The highest BCUT2D eigenvalue weighted by molar-refractivity contribution is 5.77. The number of hydrogen-bond acceptors (Lipinski definition) is 0. The predicted molar refractivity (Wildman–Crippen MR) is 64.1 cm³/mol. The zero-order valence-electron chi connectivity index (χ0n) is 9.77. The van der Waals surface area contributed by atoms with E-state index < -0.39 is 0 Å². The van der Waals surface area contributed by atoms with Crippen LogP contribution in [0.1, 0.15) is 22.3 Å². The van der Waals surface area contributed by atoms with Gasteiger partial charge in [0.25, 0.3) is 0 Å². The van der Waals surface area contributed by atoms with Gasteiger partial charge in [0.05, 0.1) is 0 Å². The van der Waals surface area contributed by atoms with E-state index in [1.54, 1.807) is 13.8 Å². The van der Waals surface area contributed by atoms with Crippen LogP contribution in [0.5, 0.6) is 0 Å². The summed E-state index contributed by atoms with van der Waals surface area (Å²) in [6.45, 7) is 3.51. The van der Waals surface area contributed by atoms with Crippen molar-refractivity contribution in [2.45, 2.75) is 20.3 Å². The van der Waals surface area contributed by atoms with Crippen molar-refractivity contribution >= 4 is 0 Å². The number of fused-ring (bicyclic) bond motifs is 3. The Morgan fingerprint density at radius 1 is 0.765 bits per heavy atom. The lowest BCUT2D eigenvalue weighted by Gasteiger charge is -2.04. The van der Waals surface area contributed by atoms with Crippen LogP contribution < -0.4 is 0 Å². The van der Waals surface area contributed by atoms with E-state index in [1.807, 2.05) is 12.1 Å². The van der Waals surface area contributed by atoms with Crippen molar-refractivity contribution < 1.29 is 8.78 Å². The second kappa shape index (κ2) is 3.39. The molecule has 0 heterocycles. The topological polar surface area (TPSA) is 0 Å². The largest absolute Gasteiger partial charge is 0.207 e. The summed E-state index contributed by atoms with van der Waals surface area (Å²) in [6.07, 6.45) is 0.771. The highest BCUT2D eigenvalue weighted by atomic mass is 19.1. The van der Waals surface area contributed by atoms with Crippen molar-refractivity contribution in [3.63, 3.8) is 0 Å². The van der Waals surface area contributed by atoms with E-state index in [0.29, 0.717) is 11.1 Å². The predicted octanol–water partition coefficient (Wildman–Crippen LogP) is 4.15. The average Bonchev–Trinajstić information content (AvgIpc) is 2.58. The molecule has 0 nitrogen and oxygen atoms in total. The van der Waals surface area contributed by atoms with Gasteiger partial charge in [0.2, 0.25) is 0 Å². The van der Waals surface area contributed by atoms with Crippen molar-refractivity contribution in [1.82, 2.24) is 0 Å². The molecule has 0 N–H and O–H groups in total. The van der Waals surface area contributed by atoms with E-state index >= 15 is 0 Å². The van der Waals surface area contributed by atoms with Crippen LogP contribution in [0.2, 0.25) is 0 Å². The number of benzene rings is 2. The van der Waals surface area contributed by atoms with E-state index in [-0.39, 0.29) is 11.6 Å². The first-order valence-electron chi connectivity index (χ1n) is 5.64. The smallest absolute Gasteiger partial charge is 0.126 e. The molecule has 2 aromatic rings. The van der Waals surface area contributed by atoms with Crippen LogP contribution in [0.25, 0.3) is 11.1 Å². The van der Waals surface area contributed by atoms with Gasteiger partial charge in [-0.05, 0) is 65.8 Å². The van der Waals surface area contributed by atoms with Gasteiger partial charge in [-0.2, -0.15) is 0 Å². The van der Waals surface area contributed by atoms with Gasteiger partial charge in [0.15, 0.2) is 0 Å². The molecule has 0 amide bonds. The molecule has 0 radical (unpaired) electrons. The van der Waals surface area contributed by atoms with Crippen LogP contribution >= 0.6 is 0 Å². The van der Waals surface area contributed by atoms with Gasteiger partial charge in [-0.3, -0.25) is 0 Å². The lowest BCUT2D eigenvalue weighted by Crippen LogP contribution is -1.87. The third-order valence-electron chi connectivity index (χ3n) is 3.44. The second-order valence-corrected chi connectivity index (χ2v) is 4.69. The Bertz CT molecular complexity index is 572. The van der Waals surface area contributed by atoms with Crippen LogP contribution in [0, 0.1) is 25.5 Å². The molecule has 1 aliphatic carbocycles. The maximum absolute atomic E-state index is 13.6. The SMILES string of the molecule is Cc1cc2c(cc1F)-c1cc(F)c(C)cc1C2. The molecule has 0 bridgehead atoms. The fourth-order valence-corrected chi connectivity index (χ4v) is 2.48.